The topological polar surface area (TPSA) is 29.1 Å². The molecule has 18 heavy (non-hydrogen) atoms. The van der Waals surface area contributed by atoms with Crippen molar-refractivity contribution >= 4 is 33.2 Å². The van der Waals surface area contributed by atoms with Crippen LogP contribution in [-0.2, 0) is 6.54 Å². The Balaban J connectivity index is 2.04. The van der Waals surface area contributed by atoms with E-state index in [-0.39, 0.29) is 5.91 Å². The fraction of sp³-hybridized carbons (Fsp3) is 0.214. The average Bonchev–Trinajstić information content (AvgIpc) is 2.75. The number of carbonyl (C=O) groups excluding carboxylic acids is 1. The number of thiophene rings is 1. The summed E-state index contributed by atoms with van der Waals surface area (Å²) in [6.45, 7) is 4.64. The van der Waals surface area contributed by atoms with Crippen LogP contribution in [0.4, 0.5) is 0 Å². The lowest BCUT2D eigenvalue weighted by atomic mass is 10.1. The van der Waals surface area contributed by atoms with E-state index in [0.717, 1.165) is 10.0 Å². The largest absolute Gasteiger partial charge is 0.348 e. The molecule has 0 spiro atoms. The quantitative estimate of drug-likeness (QED) is 0.906. The molecule has 0 bridgehead atoms. The molecule has 1 aromatic carbocycles. The molecule has 0 aliphatic rings. The Morgan fingerprint density at radius 2 is 2.06 bits per heavy atom. The Hall–Kier alpha value is -1.13. The third kappa shape index (κ3) is 3.00. The smallest absolute Gasteiger partial charge is 0.251 e. The van der Waals surface area contributed by atoms with Crippen molar-refractivity contribution < 1.29 is 4.79 Å². The van der Waals surface area contributed by atoms with Crippen LogP contribution in [0.15, 0.2) is 33.4 Å². The fourth-order valence-electron chi connectivity index (χ4n) is 1.58. The van der Waals surface area contributed by atoms with Crippen LogP contribution in [0.2, 0.25) is 0 Å². The van der Waals surface area contributed by atoms with Gasteiger partial charge in [0.15, 0.2) is 0 Å². The van der Waals surface area contributed by atoms with Gasteiger partial charge in [-0.25, -0.2) is 0 Å². The number of benzene rings is 1. The predicted octanol–water partition coefficient (Wildman–Crippen LogP) is 4.06. The van der Waals surface area contributed by atoms with Crippen molar-refractivity contribution in [2.45, 2.75) is 20.4 Å². The van der Waals surface area contributed by atoms with E-state index in [2.05, 4.69) is 38.9 Å². The lowest BCUT2D eigenvalue weighted by Gasteiger charge is -2.06. The first-order valence-electron chi connectivity index (χ1n) is 5.64. The molecule has 1 aromatic heterocycles. The van der Waals surface area contributed by atoms with Crippen LogP contribution < -0.4 is 5.32 Å². The minimum Gasteiger partial charge on any atom is -0.348 e. The summed E-state index contributed by atoms with van der Waals surface area (Å²) in [6, 6.07) is 5.63. The summed E-state index contributed by atoms with van der Waals surface area (Å²) < 4.78 is 0.960. The van der Waals surface area contributed by atoms with Gasteiger partial charge in [0.1, 0.15) is 0 Å². The molecule has 0 saturated heterocycles. The predicted molar refractivity (Wildman–Crippen MR) is 79.1 cm³/mol. The summed E-state index contributed by atoms with van der Waals surface area (Å²) in [5, 5.41) is 7.09. The highest BCUT2D eigenvalue weighted by atomic mass is 79.9. The summed E-state index contributed by atoms with van der Waals surface area (Å²) in [5.74, 6) is -0.0405. The van der Waals surface area contributed by atoms with Crippen molar-refractivity contribution in [3.8, 4) is 0 Å². The standard InChI is InChI=1S/C14H14BrNOS/c1-9-3-4-11(5-13(9)15)14(17)16-6-12-8-18-7-10(12)2/h3-5,7-8H,6H2,1-2H3,(H,16,17). The first-order chi connectivity index (χ1) is 8.58. The molecule has 0 atom stereocenters. The molecular formula is C14H14BrNOS. The van der Waals surface area contributed by atoms with Gasteiger partial charge < -0.3 is 5.32 Å². The second-order valence-electron chi connectivity index (χ2n) is 4.23. The minimum atomic E-state index is -0.0405. The number of amides is 1. The van der Waals surface area contributed by atoms with Crippen LogP contribution in [0.5, 0.6) is 0 Å². The Bertz CT molecular complexity index is 577. The second-order valence-corrected chi connectivity index (χ2v) is 5.82. The Labute approximate surface area is 119 Å². The maximum absolute atomic E-state index is 12.0. The van der Waals surface area contributed by atoms with E-state index in [1.54, 1.807) is 11.3 Å². The van der Waals surface area contributed by atoms with Gasteiger partial charge in [0.05, 0.1) is 0 Å². The van der Waals surface area contributed by atoms with Crippen molar-refractivity contribution in [1.82, 2.24) is 5.32 Å². The number of nitrogens with one attached hydrogen (secondary N) is 1. The molecule has 1 heterocycles. The van der Waals surface area contributed by atoms with E-state index in [0.29, 0.717) is 12.1 Å². The third-order valence-corrected chi connectivity index (χ3v) is 4.60. The fourth-order valence-corrected chi connectivity index (χ4v) is 2.82. The lowest BCUT2D eigenvalue weighted by Crippen LogP contribution is -2.22. The highest BCUT2D eigenvalue weighted by Crippen LogP contribution is 2.18. The van der Waals surface area contributed by atoms with Gasteiger partial charge in [-0.05, 0) is 53.4 Å². The Morgan fingerprint density at radius 1 is 1.28 bits per heavy atom. The van der Waals surface area contributed by atoms with Gasteiger partial charge in [-0.3, -0.25) is 4.79 Å². The zero-order valence-electron chi connectivity index (χ0n) is 10.3. The van der Waals surface area contributed by atoms with E-state index in [9.17, 15) is 4.79 Å². The van der Waals surface area contributed by atoms with Gasteiger partial charge in [0, 0.05) is 16.6 Å². The highest BCUT2D eigenvalue weighted by Gasteiger charge is 2.07. The molecule has 0 aliphatic heterocycles. The van der Waals surface area contributed by atoms with Crippen molar-refractivity contribution in [2.24, 2.45) is 0 Å². The van der Waals surface area contributed by atoms with Crippen LogP contribution in [0, 0.1) is 13.8 Å². The number of hydrogen-bond acceptors (Lipinski definition) is 2. The number of aryl methyl sites for hydroxylation is 2. The maximum Gasteiger partial charge on any atom is 0.251 e. The van der Waals surface area contributed by atoms with Gasteiger partial charge in [-0.15, -0.1) is 0 Å². The molecule has 4 heteroatoms. The number of carbonyl (C=O) groups is 1. The zero-order valence-corrected chi connectivity index (χ0v) is 12.7. The van der Waals surface area contributed by atoms with Crippen molar-refractivity contribution in [1.29, 1.82) is 0 Å². The Morgan fingerprint density at radius 3 is 2.67 bits per heavy atom. The first-order valence-corrected chi connectivity index (χ1v) is 7.37. The maximum atomic E-state index is 12.0. The highest BCUT2D eigenvalue weighted by molar-refractivity contribution is 9.10. The molecule has 0 saturated carbocycles. The number of halogens is 1. The first kappa shape index (κ1) is 13.3. The molecule has 0 aliphatic carbocycles. The summed E-state index contributed by atoms with van der Waals surface area (Å²) in [7, 11) is 0. The van der Waals surface area contributed by atoms with Crippen molar-refractivity contribution in [3.63, 3.8) is 0 Å². The molecule has 0 unspecified atom stereocenters. The van der Waals surface area contributed by atoms with E-state index in [4.69, 9.17) is 0 Å². The van der Waals surface area contributed by atoms with E-state index in [1.165, 1.54) is 11.1 Å². The normalized spacial score (nSPS) is 10.4. The lowest BCUT2D eigenvalue weighted by molar-refractivity contribution is 0.0951. The van der Waals surface area contributed by atoms with Crippen LogP contribution in [-0.4, -0.2) is 5.91 Å². The molecule has 2 rings (SSSR count). The van der Waals surface area contributed by atoms with E-state index in [1.807, 2.05) is 25.1 Å². The molecule has 0 radical (unpaired) electrons. The van der Waals surface area contributed by atoms with Gasteiger partial charge in [-0.2, -0.15) is 11.3 Å². The van der Waals surface area contributed by atoms with Crippen LogP contribution >= 0.6 is 27.3 Å². The van der Waals surface area contributed by atoms with Crippen LogP contribution in [0.25, 0.3) is 0 Å². The Kier molecular flexibility index (Phi) is 4.19. The van der Waals surface area contributed by atoms with Crippen LogP contribution in [0.1, 0.15) is 27.0 Å². The molecule has 1 amide bonds. The van der Waals surface area contributed by atoms with Gasteiger partial charge in [-0.1, -0.05) is 22.0 Å². The molecule has 2 aromatic rings. The summed E-state index contributed by atoms with van der Waals surface area (Å²) in [5.41, 5.74) is 4.21. The van der Waals surface area contributed by atoms with E-state index < -0.39 is 0 Å². The van der Waals surface area contributed by atoms with Crippen molar-refractivity contribution in [2.75, 3.05) is 0 Å². The van der Waals surface area contributed by atoms with Gasteiger partial charge in [0.2, 0.25) is 0 Å². The second kappa shape index (κ2) is 5.67. The summed E-state index contributed by atoms with van der Waals surface area (Å²) >= 11 is 5.10. The molecule has 94 valence electrons. The molecule has 2 nitrogen and oxygen atoms in total. The van der Waals surface area contributed by atoms with E-state index >= 15 is 0 Å². The van der Waals surface area contributed by atoms with Gasteiger partial charge >= 0.3 is 0 Å². The number of rotatable bonds is 3. The van der Waals surface area contributed by atoms with Gasteiger partial charge in [0.25, 0.3) is 5.91 Å². The molecule has 1 N–H and O–H groups in total. The van der Waals surface area contributed by atoms with Crippen LogP contribution in [0.3, 0.4) is 0 Å². The zero-order chi connectivity index (χ0) is 13.1. The SMILES string of the molecule is Cc1ccc(C(=O)NCc2cscc2C)cc1Br. The minimum absolute atomic E-state index is 0.0405. The number of hydrogen-bond donors (Lipinski definition) is 1. The summed E-state index contributed by atoms with van der Waals surface area (Å²) in [4.78, 5) is 12.0. The monoisotopic (exact) mass is 323 g/mol. The summed E-state index contributed by atoms with van der Waals surface area (Å²) in [6.07, 6.45) is 0. The van der Waals surface area contributed by atoms with Crippen molar-refractivity contribution in [3.05, 3.63) is 55.7 Å². The molecule has 0 fully saturated rings. The average molecular weight is 324 g/mol. The third-order valence-electron chi connectivity index (χ3n) is 2.84. The molecular weight excluding hydrogens is 310 g/mol.